The van der Waals surface area contributed by atoms with Gasteiger partial charge in [-0.25, -0.2) is 5.01 Å². The number of amides is 1. The van der Waals surface area contributed by atoms with Crippen LogP contribution in [-0.4, -0.2) is 41.6 Å². The highest BCUT2D eigenvalue weighted by Crippen LogP contribution is 2.39. The lowest BCUT2D eigenvalue weighted by atomic mass is 10.0. The number of nitrogens with one attached hydrogen (secondary N) is 1. The molecule has 1 aliphatic heterocycles. The van der Waals surface area contributed by atoms with Crippen molar-refractivity contribution in [1.29, 1.82) is 0 Å². The van der Waals surface area contributed by atoms with Crippen LogP contribution in [0.3, 0.4) is 0 Å². The Morgan fingerprint density at radius 1 is 1.15 bits per heavy atom. The van der Waals surface area contributed by atoms with Crippen molar-refractivity contribution >= 4 is 45.6 Å². The second-order valence-electron chi connectivity index (χ2n) is 8.01. The van der Waals surface area contributed by atoms with Crippen LogP contribution in [0.4, 0.5) is 0 Å². The van der Waals surface area contributed by atoms with Crippen LogP contribution in [0.25, 0.3) is 10.9 Å². The molecule has 0 aliphatic carbocycles. The second kappa shape index (κ2) is 9.56. The third kappa shape index (κ3) is 4.19. The van der Waals surface area contributed by atoms with E-state index in [1.165, 1.54) is 0 Å². The molecule has 0 saturated carbocycles. The number of fused-ring (bicyclic) bond motifs is 1. The van der Waals surface area contributed by atoms with Crippen LogP contribution in [0.15, 0.2) is 70.0 Å². The number of carbonyl (C=O) groups is 1. The molecule has 1 unspecified atom stereocenters. The first-order chi connectivity index (χ1) is 16.6. The highest BCUT2D eigenvalue weighted by molar-refractivity contribution is 8.00. The van der Waals surface area contributed by atoms with Crippen molar-refractivity contribution in [1.82, 2.24) is 9.99 Å². The number of methoxy groups -OCH3 is 2. The van der Waals surface area contributed by atoms with E-state index in [0.29, 0.717) is 23.7 Å². The fourth-order valence-electron chi connectivity index (χ4n) is 4.29. The number of H-pyrrole nitrogens is 1. The summed E-state index contributed by atoms with van der Waals surface area (Å²) in [5.41, 5.74) is 4.04. The number of ether oxygens (including phenoxy) is 2. The number of para-hydroxylation sites is 1. The van der Waals surface area contributed by atoms with Gasteiger partial charge in [-0.3, -0.25) is 4.79 Å². The van der Waals surface area contributed by atoms with Crippen molar-refractivity contribution in [3.05, 3.63) is 76.1 Å². The van der Waals surface area contributed by atoms with Crippen LogP contribution in [0, 0.1) is 6.92 Å². The molecule has 174 valence electrons. The van der Waals surface area contributed by atoms with E-state index in [2.05, 4.69) is 17.1 Å². The number of benzene rings is 2. The molecule has 0 bridgehead atoms. The number of aryl methyl sites for hydroxylation is 1. The van der Waals surface area contributed by atoms with E-state index in [-0.39, 0.29) is 11.9 Å². The van der Waals surface area contributed by atoms with Crippen molar-refractivity contribution in [3.8, 4) is 11.5 Å². The molecule has 8 heteroatoms. The number of carbonyl (C=O) groups excluding carboxylic acids is 1. The highest BCUT2D eigenvalue weighted by atomic mass is 32.2. The quantitative estimate of drug-likeness (QED) is 0.321. The monoisotopic (exact) mass is 491 g/mol. The summed E-state index contributed by atoms with van der Waals surface area (Å²) in [5.74, 6) is 1.57. The Bertz CT molecular complexity index is 1360. The minimum absolute atomic E-state index is 0.0268. The molecule has 0 radical (unpaired) electrons. The van der Waals surface area contributed by atoms with Gasteiger partial charge in [-0.2, -0.15) is 5.10 Å². The van der Waals surface area contributed by atoms with Crippen molar-refractivity contribution in [2.45, 2.75) is 24.3 Å². The largest absolute Gasteiger partial charge is 0.493 e. The van der Waals surface area contributed by atoms with E-state index in [1.807, 2.05) is 54.8 Å². The molecule has 34 heavy (non-hydrogen) atoms. The number of thioether (sulfide) groups is 1. The smallest absolute Gasteiger partial charge is 0.253 e. The number of rotatable bonds is 7. The van der Waals surface area contributed by atoms with Gasteiger partial charge in [-0.05, 0) is 42.1 Å². The first kappa shape index (κ1) is 22.6. The summed E-state index contributed by atoms with van der Waals surface area (Å²) in [5, 5.41) is 9.60. The maximum atomic E-state index is 13.5. The first-order valence-electron chi connectivity index (χ1n) is 10.9. The number of nitrogens with zero attached hydrogens (tertiary/aromatic N) is 2. The summed E-state index contributed by atoms with van der Waals surface area (Å²) < 4.78 is 10.9. The fraction of sp³-hybridized carbons (Fsp3) is 0.231. The Labute approximate surface area is 206 Å². The van der Waals surface area contributed by atoms with Crippen molar-refractivity contribution < 1.29 is 14.3 Å². The van der Waals surface area contributed by atoms with Gasteiger partial charge in [0.1, 0.15) is 0 Å². The maximum Gasteiger partial charge on any atom is 0.253 e. The van der Waals surface area contributed by atoms with Crippen LogP contribution in [-0.2, 0) is 4.79 Å². The van der Waals surface area contributed by atoms with Crippen LogP contribution < -0.4 is 9.47 Å². The van der Waals surface area contributed by atoms with Crippen LogP contribution >= 0.6 is 23.1 Å². The molecule has 1 N–H and O–H groups in total. The number of hydrogen-bond donors (Lipinski definition) is 1. The van der Waals surface area contributed by atoms with Crippen molar-refractivity contribution in [2.24, 2.45) is 5.10 Å². The zero-order valence-electron chi connectivity index (χ0n) is 19.2. The van der Waals surface area contributed by atoms with Crippen LogP contribution in [0.5, 0.6) is 11.5 Å². The van der Waals surface area contributed by atoms with Crippen molar-refractivity contribution in [2.75, 3.05) is 20.0 Å². The van der Waals surface area contributed by atoms with E-state index in [0.717, 1.165) is 37.6 Å². The summed E-state index contributed by atoms with van der Waals surface area (Å²) in [6.07, 6.45) is 0.651. The van der Waals surface area contributed by atoms with Gasteiger partial charge in [0, 0.05) is 27.9 Å². The average molecular weight is 492 g/mol. The van der Waals surface area contributed by atoms with E-state index >= 15 is 0 Å². The van der Waals surface area contributed by atoms with E-state index in [4.69, 9.17) is 14.6 Å². The Morgan fingerprint density at radius 3 is 2.74 bits per heavy atom. The number of aromatic nitrogens is 1. The van der Waals surface area contributed by atoms with E-state index in [9.17, 15) is 4.79 Å². The van der Waals surface area contributed by atoms with Gasteiger partial charge in [0.25, 0.3) is 5.91 Å². The summed E-state index contributed by atoms with van der Waals surface area (Å²) in [6.45, 7) is 2.04. The molecule has 0 fully saturated rings. The van der Waals surface area contributed by atoms with Gasteiger partial charge in [0.15, 0.2) is 11.5 Å². The summed E-state index contributed by atoms with van der Waals surface area (Å²) in [4.78, 5) is 19.1. The molecular weight excluding hydrogens is 466 g/mol. The molecule has 1 aliphatic rings. The van der Waals surface area contributed by atoms with Crippen molar-refractivity contribution in [3.63, 3.8) is 0 Å². The van der Waals surface area contributed by atoms with E-state index in [1.54, 1.807) is 42.3 Å². The van der Waals surface area contributed by atoms with Gasteiger partial charge in [0.05, 0.1) is 36.6 Å². The third-order valence-electron chi connectivity index (χ3n) is 5.94. The lowest BCUT2D eigenvalue weighted by Gasteiger charge is -2.23. The number of aromatic amines is 1. The Balaban J connectivity index is 1.43. The molecule has 1 amide bonds. The number of hydrogen-bond acceptors (Lipinski definition) is 6. The van der Waals surface area contributed by atoms with Crippen LogP contribution in [0.1, 0.15) is 28.6 Å². The van der Waals surface area contributed by atoms with Gasteiger partial charge < -0.3 is 14.5 Å². The molecule has 2 aromatic heterocycles. The summed E-state index contributed by atoms with van der Waals surface area (Å²) >= 11 is 3.19. The zero-order chi connectivity index (χ0) is 23.7. The molecule has 0 saturated heterocycles. The van der Waals surface area contributed by atoms with Gasteiger partial charge in [-0.15, -0.1) is 23.1 Å². The summed E-state index contributed by atoms with van der Waals surface area (Å²) in [7, 11) is 3.23. The SMILES string of the molecule is COc1ccc(C2CC(c3cccs3)=NN2C(=O)CSc2c(C)[nH]c3ccccc23)cc1OC. The Morgan fingerprint density at radius 2 is 1.97 bits per heavy atom. The predicted octanol–water partition coefficient (Wildman–Crippen LogP) is 6.03. The Kier molecular flexibility index (Phi) is 6.34. The van der Waals surface area contributed by atoms with Gasteiger partial charge >= 0.3 is 0 Å². The van der Waals surface area contributed by atoms with Gasteiger partial charge in [0.2, 0.25) is 0 Å². The number of thiophene rings is 1. The van der Waals surface area contributed by atoms with Gasteiger partial charge in [-0.1, -0.05) is 30.3 Å². The standard InChI is InChI=1S/C26H25N3O3S2/c1-16-26(18-7-4-5-8-19(18)27-16)34-15-25(30)29-21(14-20(28-29)24-9-6-12-33-24)17-10-11-22(31-2)23(13-17)32-3/h4-13,21,27H,14-15H2,1-3H3. The third-order valence-corrected chi connectivity index (χ3v) is 8.06. The highest BCUT2D eigenvalue weighted by Gasteiger charge is 2.34. The molecule has 0 spiro atoms. The molecule has 3 heterocycles. The predicted molar refractivity (Wildman–Crippen MR) is 138 cm³/mol. The molecule has 2 aromatic carbocycles. The fourth-order valence-corrected chi connectivity index (χ4v) is 6.01. The zero-order valence-corrected chi connectivity index (χ0v) is 20.8. The molecule has 4 aromatic rings. The number of hydrazone groups is 1. The molecule has 1 atom stereocenters. The maximum absolute atomic E-state index is 13.5. The van der Waals surface area contributed by atoms with E-state index < -0.39 is 0 Å². The topological polar surface area (TPSA) is 66.9 Å². The minimum atomic E-state index is -0.200. The molecule has 5 rings (SSSR count). The second-order valence-corrected chi connectivity index (χ2v) is 9.94. The van der Waals surface area contributed by atoms with Crippen LogP contribution in [0.2, 0.25) is 0 Å². The lowest BCUT2D eigenvalue weighted by molar-refractivity contribution is -0.130. The molecule has 6 nitrogen and oxygen atoms in total. The average Bonchev–Trinajstić information content (AvgIpc) is 3.60. The normalized spacial score (nSPS) is 15.6. The summed E-state index contributed by atoms with van der Waals surface area (Å²) in [6, 6.07) is 17.8. The first-order valence-corrected chi connectivity index (χ1v) is 12.8. The molecular formula is C26H25N3O3S2. The minimum Gasteiger partial charge on any atom is -0.493 e. The Hall–Kier alpha value is -3.23. The lowest BCUT2D eigenvalue weighted by Crippen LogP contribution is -2.28.